The van der Waals surface area contributed by atoms with Gasteiger partial charge in [0, 0.05) is 45.3 Å². The number of aromatic nitrogens is 4. The number of morpholine rings is 1. The van der Waals surface area contributed by atoms with Gasteiger partial charge in [0.2, 0.25) is 16.0 Å². The maximum absolute atomic E-state index is 14.1. The van der Waals surface area contributed by atoms with Gasteiger partial charge < -0.3 is 14.5 Å². The molecule has 0 amide bonds. The van der Waals surface area contributed by atoms with Crippen LogP contribution in [0.25, 0.3) is 16.9 Å². The molecule has 2 fully saturated rings. The first-order valence-corrected chi connectivity index (χ1v) is 13.7. The average Bonchev–Trinajstić information content (AvgIpc) is 3.30. The van der Waals surface area contributed by atoms with E-state index in [4.69, 9.17) is 21.3 Å². The number of imidazole rings is 1. The minimum absolute atomic E-state index is 0.247. The van der Waals surface area contributed by atoms with Gasteiger partial charge in [-0.25, -0.2) is 22.2 Å². The van der Waals surface area contributed by atoms with Crippen molar-refractivity contribution in [1.82, 2.24) is 23.8 Å². The zero-order valence-corrected chi connectivity index (χ0v) is 21.2. The van der Waals surface area contributed by atoms with E-state index >= 15 is 0 Å². The fraction of sp³-hybridized carbons (Fsp3) is 0.500. The van der Waals surface area contributed by atoms with Gasteiger partial charge in [-0.05, 0) is 18.6 Å². The molecule has 1 aromatic carbocycles. The van der Waals surface area contributed by atoms with E-state index in [1.165, 1.54) is 8.87 Å². The highest BCUT2D eigenvalue weighted by molar-refractivity contribution is 7.90. The number of para-hydroxylation sites is 1. The van der Waals surface area contributed by atoms with E-state index in [0.717, 1.165) is 5.56 Å². The monoisotopic (exact) mass is 541 g/mol. The van der Waals surface area contributed by atoms with E-state index in [0.29, 0.717) is 62.2 Å². The summed E-state index contributed by atoms with van der Waals surface area (Å²) in [5.41, 5.74) is 1.80. The lowest BCUT2D eigenvalue weighted by Crippen LogP contribution is -2.49. The van der Waals surface area contributed by atoms with Crippen molar-refractivity contribution in [3.63, 3.8) is 0 Å². The zero-order valence-electron chi connectivity index (χ0n) is 19.6. The molecule has 0 spiro atoms. The Bertz CT molecular complexity index is 1360. The standard InChI is InChI=1S/C22H26ClF2N7O3S/c1-15-3-2-4-16-19(15)28-21(20(24)25)32(16)18-13-17(26-22(27-18)30-9-11-35-12-10-30)29-5-7-31(8-6-29)36(33,34)14-23/h2-4,13,20H,5-12,14H2,1H3. The van der Waals surface area contributed by atoms with Gasteiger partial charge in [0.15, 0.2) is 5.82 Å². The number of hydrogen-bond donors (Lipinski definition) is 0. The summed E-state index contributed by atoms with van der Waals surface area (Å²) in [6.45, 7) is 5.22. The number of ether oxygens (including phenoxy) is 1. The van der Waals surface area contributed by atoms with Crippen LogP contribution in [-0.4, -0.2) is 89.9 Å². The van der Waals surface area contributed by atoms with E-state index in [2.05, 4.69) is 9.97 Å². The molecule has 0 radical (unpaired) electrons. The van der Waals surface area contributed by atoms with E-state index in [-0.39, 0.29) is 18.9 Å². The molecule has 194 valence electrons. The normalized spacial score (nSPS) is 17.9. The molecule has 14 heteroatoms. The van der Waals surface area contributed by atoms with Gasteiger partial charge in [0.1, 0.15) is 16.8 Å². The van der Waals surface area contributed by atoms with Crippen molar-refractivity contribution in [2.75, 3.05) is 67.5 Å². The number of sulfonamides is 1. The minimum Gasteiger partial charge on any atom is -0.378 e. The smallest absolute Gasteiger partial charge is 0.296 e. The lowest BCUT2D eigenvalue weighted by Gasteiger charge is -2.35. The molecule has 0 N–H and O–H groups in total. The molecule has 0 saturated carbocycles. The second-order valence-corrected chi connectivity index (χ2v) is 11.2. The SMILES string of the molecule is Cc1cccc2c1nc(C(F)F)n2-c1cc(N2CCN(S(=O)(=O)CCl)CC2)nc(N2CCOCC2)n1. The molecule has 5 rings (SSSR count). The fourth-order valence-electron chi connectivity index (χ4n) is 4.50. The van der Waals surface area contributed by atoms with Crippen molar-refractivity contribution in [3.8, 4) is 5.82 Å². The molecule has 3 aromatic rings. The number of alkyl halides is 3. The van der Waals surface area contributed by atoms with Crippen molar-refractivity contribution in [1.29, 1.82) is 0 Å². The molecule has 10 nitrogen and oxygen atoms in total. The summed E-state index contributed by atoms with van der Waals surface area (Å²) < 4.78 is 60.8. The van der Waals surface area contributed by atoms with Crippen LogP contribution in [0.5, 0.6) is 0 Å². The number of anilines is 2. The summed E-state index contributed by atoms with van der Waals surface area (Å²) in [6, 6.07) is 7.03. The molecule has 4 heterocycles. The lowest BCUT2D eigenvalue weighted by molar-refractivity contribution is 0.122. The Kier molecular flexibility index (Phi) is 6.99. The van der Waals surface area contributed by atoms with Gasteiger partial charge >= 0.3 is 0 Å². The Hall–Kier alpha value is -2.61. The largest absolute Gasteiger partial charge is 0.378 e. The van der Waals surface area contributed by atoms with Crippen molar-refractivity contribution < 1.29 is 21.9 Å². The number of rotatable bonds is 6. The number of aryl methyl sites for hydroxylation is 1. The van der Waals surface area contributed by atoms with Gasteiger partial charge in [0.05, 0.1) is 24.2 Å². The summed E-state index contributed by atoms with van der Waals surface area (Å²) in [7, 11) is -3.52. The molecule has 2 aliphatic heterocycles. The third kappa shape index (κ3) is 4.72. The second-order valence-electron chi connectivity index (χ2n) is 8.64. The third-order valence-electron chi connectivity index (χ3n) is 6.41. The number of piperazine rings is 1. The fourth-order valence-corrected chi connectivity index (χ4v) is 5.77. The zero-order chi connectivity index (χ0) is 25.4. The van der Waals surface area contributed by atoms with E-state index < -0.39 is 27.5 Å². The van der Waals surface area contributed by atoms with Crippen LogP contribution in [0.4, 0.5) is 20.5 Å². The van der Waals surface area contributed by atoms with Crippen molar-refractivity contribution in [3.05, 3.63) is 35.7 Å². The number of benzene rings is 1. The highest BCUT2D eigenvalue weighted by Crippen LogP contribution is 2.31. The first kappa shape index (κ1) is 25.1. The highest BCUT2D eigenvalue weighted by Gasteiger charge is 2.29. The molecule has 0 bridgehead atoms. The van der Waals surface area contributed by atoms with Gasteiger partial charge in [-0.1, -0.05) is 12.1 Å². The molecule has 2 aromatic heterocycles. The van der Waals surface area contributed by atoms with Crippen LogP contribution in [0.1, 0.15) is 17.8 Å². The van der Waals surface area contributed by atoms with Crippen LogP contribution >= 0.6 is 11.6 Å². The Balaban J connectivity index is 1.60. The van der Waals surface area contributed by atoms with Gasteiger partial charge in [0.25, 0.3) is 6.43 Å². The Morgan fingerprint density at radius 3 is 2.36 bits per heavy atom. The summed E-state index contributed by atoms with van der Waals surface area (Å²) in [5, 5.41) is -0.477. The summed E-state index contributed by atoms with van der Waals surface area (Å²) in [6.07, 6.45) is -2.81. The number of hydrogen-bond acceptors (Lipinski definition) is 8. The molecule has 0 atom stereocenters. The highest BCUT2D eigenvalue weighted by atomic mass is 35.5. The summed E-state index contributed by atoms with van der Waals surface area (Å²) >= 11 is 5.61. The molecule has 0 aliphatic carbocycles. The van der Waals surface area contributed by atoms with Crippen LogP contribution in [-0.2, 0) is 14.8 Å². The number of nitrogens with zero attached hydrogens (tertiary/aromatic N) is 7. The van der Waals surface area contributed by atoms with Crippen molar-refractivity contribution >= 4 is 44.4 Å². The first-order chi connectivity index (χ1) is 17.3. The third-order valence-corrected chi connectivity index (χ3v) is 8.67. The van der Waals surface area contributed by atoms with Crippen molar-refractivity contribution in [2.45, 2.75) is 13.3 Å². The molecular weight excluding hydrogens is 516 g/mol. The molecule has 0 unspecified atom stereocenters. The lowest BCUT2D eigenvalue weighted by atomic mass is 10.2. The maximum atomic E-state index is 14.1. The summed E-state index contributed by atoms with van der Waals surface area (Å²) in [5.74, 6) is 0.811. The van der Waals surface area contributed by atoms with Gasteiger partial charge in [-0.15, -0.1) is 11.6 Å². The predicted octanol–water partition coefficient (Wildman–Crippen LogP) is 2.55. The van der Waals surface area contributed by atoms with Crippen LogP contribution < -0.4 is 9.80 Å². The average molecular weight is 542 g/mol. The quantitative estimate of drug-likeness (QED) is 0.439. The second kappa shape index (κ2) is 10.0. The Morgan fingerprint density at radius 1 is 1.00 bits per heavy atom. The van der Waals surface area contributed by atoms with E-state index in [9.17, 15) is 17.2 Å². The van der Waals surface area contributed by atoms with Crippen LogP contribution in [0.3, 0.4) is 0 Å². The van der Waals surface area contributed by atoms with E-state index in [1.54, 1.807) is 18.2 Å². The van der Waals surface area contributed by atoms with Crippen LogP contribution in [0, 0.1) is 6.92 Å². The predicted molar refractivity (Wildman–Crippen MR) is 133 cm³/mol. The molecule has 2 aliphatic rings. The Morgan fingerprint density at radius 2 is 1.69 bits per heavy atom. The van der Waals surface area contributed by atoms with Gasteiger partial charge in [-0.2, -0.15) is 14.3 Å². The minimum atomic E-state index is -3.52. The number of halogens is 3. The topological polar surface area (TPSA) is 96.7 Å². The molecular formula is C22H26ClF2N7O3S. The summed E-state index contributed by atoms with van der Waals surface area (Å²) in [4.78, 5) is 17.5. The van der Waals surface area contributed by atoms with Crippen LogP contribution in [0.2, 0.25) is 0 Å². The van der Waals surface area contributed by atoms with Gasteiger partial charge in [-0.3, -0.25) is 4.57 Å². The first-order valence-electron chi connectivity index (χ1n) is 11.6. The Labute approximate surface area is 212 Å². The molecule has 2 saturated heterocycles. The van der Waals surface area contributed by atoms with Crippen LogP contribution in [0.15, 0.2) is 24.3 Å². The van der Waals surface area contributed by atoms with E-state index in [1.807, 2.05) is 22.8 Å². The maximum Gasteiger partial charge on any atom is 0.296 e. The van der Waals surface area contributed by atoms with Crippen molar-refractivity contribution in [2.24, 2.45) is 0 Å². The molecule has 36 heavy (non-hydrogen) atoms. The number of fused-ring (bicyclic) bond motifs is 1.